The fourth-order valence-electron chi connectivity index (χ4n) is 5.19. The number of carbonyl (C=O) groups excluding carboxylic acids is 4. The molecule has 0 saturated heterocycles. The van der Waals surface area contributed by atoms with Crippen LogP contribution in [0.2, 0.25) is 0 Å². The van der Waals surface area contributed by atoms with Crippen LogP contribution in [0.4, 0.5) is 0 Å². The lowest BCUT2D eigenvalue weighted by atomic mass is 10.0. The maximum absolute atomic E-state index is 13.5. The number of hydrogen-bond acceptors (Lipinski definition) is 7. The molecule has 47 heavy (non-hydrogen) atoms. The summed E-state index contributed by atoms with van der Waals surface area (Å²) < 4.78 is 7.88. The van der Waals surface area contributed by atoms with Crippen LogP contribution in [-0.4, -0.2) is 56.4 Å². The molecule has 244 valence electrons. The summed E-state index contributed by atoms with van der Waals surface area (Å²) in [5, 5.41) is 21.4. The zero-order valence-electron chi connectivity index (χ0n) is 26.6. The maximum Gasteiger partial charge on any atom is 0.255 e. The maximum atomic E-state index is 13.5. The van der Waals surface area contributed by atoms with E-state index in [1.165, 1.54) is 25.1 Å². The zero-order valence-corrected chi connectivity index (χ0v) is 26.6. The first kappa shape index (κ1) is 32.7. The third kappa shape index (κ3) is 7.96. The van der Waals surface area contributed by atoms with Gasteiger partial charge in [-0.1, -0.05) is 38.1 Å². The molecule has 0 spiro atoms. The van der Waals surface area contributed by atoms with Gasteiger partial charge in [0.15, 0.2) is 0 Å². The number of fused-ring (bicyclic) bond motifs is 11. The second-order valence-corrected chi connectivity index (χ2v) is 11.8. The van der Waals surface area contributed by atoms with E-state index >= 15 is 0 Å². The van der Waals surface area contributed by atoms with Crippen LogP contribution in [0.15, 0.2) is 79.1 Å². The van der Waals surface area contributed by atoms with Gasteiger partial charge in [-0.2, -0.15) is 0 Å². The molecule has 3 atom stereocenters. The monoisotopic (exact) mass is 638 g/mol. The van der Waals surface area contributed by atoms with Crippen molar-refractivity contribution in [2.75, 3.05) is 0 Å². The Bertz CT molecular complexity index is 1770. The van der Waals surface area contributed by atoms with Crippen molar-refractivity contribution in [1.82, 2.24) is 30.8 Å². The van der Waals surface area contributed by atoms with E-state index in [1.807, 2.05) is 42.0 Å². The molecule has 4 bridgehead atoms. The van der Waals surface area contributed by atoms with Crippen molar-refractivity contribution < 1.29 is 29.0 Å². The molecule has 0 saturated carbocycles. The first-order valence-electron chi connectivity index (χ1n) is 15.4. The molecule has 12 nitrogen and oxygen atoms in total. The molecule has 6 rings (SSSR count). The lowest BCUT2D eigenvalue weighted by Gasteiger charge is -2.25. The van der Waals surface area contributed by atoms with Gasteiger partial charge in [0.2, 0.25) is 17.7 Å². The summed E-state index contributed by atoms with van der Waals surface area (Å²) in [6.07, 6.45) is 3.77. The minimum atomic E-state index is -1.03. The van der Waals surface area contributed by atoms with Crippen LogP contribution in [-0.2, 0) is 27.3 Å². The van der Waals surface area contributed by atoms with Crippen molar-refractivity contribution in [3.05, 3.63) is 102 Å². The number of amides is 4. The summed E-state index contributed by atoms with van der Waals surface area (Å²) in [7, 11) is 0. The standard InChI is InChI=1S/C35H38N6O6/c1-20(2)31-35(46)38-21(3)32(43)39-29(34(45)37-19-24-5-9-25(10-6-24)41-16-15-36-22(41)4)17-23-7-11-26(12-8-23)47-27-13-14-30(42)28(18-27)33(44)40-31/h5-16,18,20-21,29,31,42H,17,19H2,1-4H3,(H,37,45)(H,38,46)(H,39,43)(H,40,44)/t21-,29-,31-/m0/s1. The highest BCUT2D eigenvalue weighted by atomic mass is 16.5. The molecule has 3 aromatic carbocycles. The Hall–Kier alpha value is -5.65. The first-order chi connectivity index (χ1) is 22.5. The molecule has 1 aromatic heterocycles. The Morgan fingerprint density at radius 1 is 0.979 bits per heavy atom. The molecule has 0 aliphatic carbocycles. The molecule has 4 aromatic rings. The lowest BCUT2D eigenvalue weighted by Crippen LogP contribution is -2.57. The lowest BCUT2D eigenvalue weighted by molar-refractivity contribution is -0.132. The summed E-state index contributed by atoms with van der Waals surface area (Å²) in [6.45, 7) is 7.15. The molecule has 12 heteroatoms. The molecular formula is C35H38N6O6. The predicted molar refractivity (Wildman–Crippen MR) is 174 cm³/mol. The second-order valence-electron chi connectivity index (χ2n) is 11.8. The van der Waals surface area contributed by atoms with Crippen LogP contribution in [0, 0.1) is 12.8 Å². The smallest absolute Gasteiger partial charge is 0.255 e. The van der Waals surface area contributed by atoms with Gasteiger partial charge in [0.05, 0.1) is 5.56 Å². The minimum Gasteiger partial charge on any atom is -0.507 e. The van der Waals surface area contributed by atoms with Gasteiger partial charge in [-0.3, -0.25) is 19.2 Å². The SMILES string of the molecule is Cc1nccn1-c1ccc(CNC(=O)[C@@H]2Cc3ccc(cc3)Oc3ccc(O)c(c3)C(=O)N[C@@H](C(C)C)C(=O)N[C@@H](C)C(=O)N2)cc1. The van der Waals surface area contributed by atoms with Gasteiger partial charge in [0, 0.05) is 31.0 Å². The van der Waals surface area contributed by atoms with Gasteiger partial charge < -0.3 is 35.7 Å². The summed E-state index contributed by atoms with van der Waals surface area (Å²) >= 11 is 0. The Balaban J connectivity index is 1.37. The van der Waals surface area contributed by atoms with E-state index in [4.69, 9.17) is 4.74 Å². The van der Waals surface area contributed by atoms with Crippen molar-refractivity contribution in [2.24, 2.45) is 5.92 Å². The third-order valence-corrected chi connectivity index (χ3v) is 7.94. The van der Waals surface area contributed by atoms with E-state index in [2.05, 4.69) is 26.3 Å². The topological polar surface area (TPSA) is 164 Å². The number of rotatable bonds is 5. The van der Waals surface area contributed by atoms with Gasteiger partial charge in [0.25, 0.3) is 5.91 Å². The average Bonchev–Trinajstić information content (AvgIpc) is 3.48. The van der Waals surface area contributed by atoms with Gasteiger partial charge in [0.1, 0.15) is 41.2 Å². The van der Waals surface area contributed by atoms with Gasteiger partial charge in [-0.15, -0.1) is 0 Å². The molecular weight excluding hydrogens is 600 g/mol. The summed E-state index contributed by atoms with van der Waals surface area (Å²) in [5.74, 6) is -1.25. The van der Waals surface area contributed by atoms with Gasteiger partial charge in [-0.25, -0.2) is 4.98 Å². The number of ether oxygens (including phenoxy) is 1. The van der Waals surface area contributed by atoms with E-state index in [9.17, 15) is 24.3 Å². The van der Waals surface area contributed by atoms with Crippen molar-refractivity contribution >= 4 is 23.6 Å². The number of nitrogens with one attached hydrogen (secondary N) is 4. The molecule has 2 aliphatic rings. The molecule has 0 unspecified atom stereocenters. The van der Waals surface area contributed by atoms with Crippen molar-refractivity contribution in [3.8, 4) is 22.9 Å². The average molecular weight is 639 g/mol. The second kappa shape index (κ2) is 14.2. The molecule has 5 N–H and O–H groups in total. The zero-order chi connectivity index (χ0) is 33.7. The highest BCUT2D eigenvalue weighted by Gasteiger charge is 2.30. The third-order valence-electron chi connectivity index (χ3n) is 7.94. The Morgan fingerprint density at radius 3 is 2.34 bits per heavy atom. The van der Waals surface area contributed by atoms with Gasteiger partial charge >= 0.3 is 0 Å². The number of phenolic OH excluding ortho intramolecular Hbond substituents is 1. The normalized spacial score (nSPS) is 18.7. The molecule has 3 heterocycles. The number of aromatic hydroxyl groups is 1. The van der Waals surface area contributed by atoms with E-state index < -0.39 is 41.8 Å². The molecule has 0 radical (unpaired) electrons. The number of hydrogen-bond donors (Lipinski definition) is 5. The van der Waals surface area contributed by atoms with Crippen molar-refractivity contribution in [2.45, 2.75) is 58.8 Å². The summed E-state index contributed by atoms with van der Waals surface area (Å²) in [4.78, 5) is 57.5. The van der Waals surface area contributed by atoms with Crippen LogP contribution in [0.5, 0.6) is 17.2 Å². The van der Waals surface area contributed by atoms with E-state index in [1.54, 1.807) is 44.3 Å². The first-order valence-corrected chi connectivity index (χ1v) is 15.4. The Kier molecular flexibility index (Phi) is 9.88. The Labute approximate surface area is 272 Å². The quantitative estimate of drug-likeness (QED) is 0.210. The molecule has 2 aliphatic heterocycles. The highest BCUT2D eigenvalue weighted by Crippen LogP contribution is 2.28. The van der Waals surface area contributed by atoms with Crippen LogP contribution in [0.25, 0.3) is 5.69 Å². The van der Waals surface area contributed by atoms with Crippen LogP contribution in [0.3, 0.4) is 0 Å². The number of imidazole rings is 1. The highest BCUT2D eigenvalue weighted by molar-refractivity contribution is 6.00. The van der Waals surface area contributed by atoms with E-state index in [-0.39, 0.29) is 30.2 Å². The van der Waals surface area contributed by atoms with Crippen LogP contribution < -0.4 is 26.0 Å². The van der Waals surface area contributed by atoms with Gasteiger partial charge in [-0.05, 0) is 73.4 Å². The predicted octanol–water partition coefficient (Wildman–Crippen LogP) is 3.30. The number of phenols is 1. The number of aryl methyl sites for hydroxylation is 1. The van der Waals surface area contributed by atoms with Crippen molar-refractivity contribution in [3.63, 3.8) is 0 Å². The van der Waals surface area contributed by atoms with Crippen LogP contribution in [0.1, 0.15) is 48.1 Å². The Morgan fingerprint density at radius 2 is 1.68 bits per heavy atom. The summed E-state index contributed by atoms with van der Waals surface area (Å²) in [5.41, 5.74) is 2.50. The van der Waals surface area contributed by atoms with E-state index in [0.717, 1.165) is 22.6 Å². The number of nitrogens with zero attached hydrogens (tertiary/aromatic N) is 2. The number of carbonyl (C=O) groups is 4. The largest absolute Gasteiger partial charge is 0.507 e. The van der Waals surface area contributed by atoms with E-state index in [0.29, 0.717) is 11.5 Å². The molecule has 0 fully saturated rings. The minimum absolute atomic E-state index is 0.0671. The van der Waals surface area contributed by atoms with Crippen molar-refractivity contribution in [1.29, 1.82) is 0 Å². The fraction of sp³-hybridized carbons (Fsp3) is 0.286. The molecule has 4 amide bonds. The fourth-order valence-corrected chi connectivity index (χ4v) is 5.19. The number of aromatic nitrogens is 2. The summed E-state index contributed by atoms with van der Waals surface area (Å²) in [6, 6.07) is 15.9. The number of benzene rings is 3. The van der Waals surface area contributed by atoms with Crippen LogP contribution >= 0.6 is 0 Å².